The van der Waals surface area contributed by atoms with Gasteiger partial charge in [0.2, 0.25) is 0 Å². The molecule has 0 saturated carbocycles. The first-order valence-electron chi connectivity index (χ1n) is 7.18. The van der Waals surface area contributed by atoms with Gasteiger partial charge in [0.1, 0.15) is 6.04 Å². The summed E-state index contributed by atoms with van der Waals surface area (Å²) in [6.45, 7) is 3.53. The van der Waals surface area contributed by atoms with E-state index in [0.717, 1.165) is 0 Å². The van der Waals surface area contributed by atoms with E-state index in [2.05, 4.69) is 10.1 Å². The summed E-state index contributed by atoms with van der Waals surface area (Å²) in [4.78, 5) is 23.7. The number of carbonyl (C=O) groups excluding carboxylic acids is 2. The van der Waals surface area contributed by atoms with Crippen LogP contribution in [0.2, 0.25) is 0 Å². The highest BCUT2D eigenvalue weighted by Gasteiger charge is 2.27. The average Bonchev–Trinajstić information content (AvgIpc) is 2.49. The second-order valence-electron chi connectivity index (χ2n) is 5.53. The van der Waals surface area contributed by atoms with Crippen LogP contribution in [0.5, 0.6) is 0 Å². The lowest BCUT2D eigenvalue weighted by Crippen LogP contribution is -2.45. The molecule has 1 rings (SSSR count). The Morgan fingerprint density at radius 2 is 1.74 bits per heavy atom. The fraction of sp³-hybridized carbons (Fsp3) is 0.500. The quantitative estimate of drug-likeness (QED) is 0.815. The smallest absolute Gasteiger partial charge is 0.389 e. The summed E-state index contributed by atoms with van der Waals surface area (Å²) in [6.07, 6.45) is -5.25. The number of benzene rings is 1. The first-order valence-corrected chi connectivity index (χ1v) is 7.18. The van der Waals surface area contributed by atoms with Crippen molar-refractivity contribution in [3.8, 4) is 0 Å². The van der Waals surface area contributed by atoms with Crippen LogP contribution in [0.15, 0.2) is 24.3 Å². The molecule has 0 radical (unpaired) electrons. The van der Waals surface area contributed by atoms with E-state index in [9.17, 15) is 22.8 Å². The molecule has 1 N–H and O–H groups in total. The Bertz CT molecular complexity index is 538. The zero-order valence-electron chi connectivity index (χ0n) is 13.2. The van der Waals surface area contributed by atoms with Crippen molar-refractivity contribution < 1.29 is 27.5 Å². The SMILES string of the molecule is COC(=O)C(NC(=O)c1ccc(CCC(F)(F)F)cc1)C(C)C. The van der Waals surface area contributed by atoms with Crippen LogP contribution in [0.1, 0.15) is 36.2 Å². The summed E-state index contributed by atoms with van der Waals surface area (Å²) in [7, 11) is 1.24. The molecule has 0 saturated heterocycles. The number of methoxy groups -OCH3 is 1. The maximum atomic E-state index is 12.2. The number of nitrogens with one attached hydrogen (secondary N) is 1. The largest absolute Gasteiger partial charge is 0.467 e. The molecule has 0 aromatic heterocycles. The standard InChI is InChI=1S/C16H20F3NO3/c1-10(2)13(15(22)23-3)20-14(21)12-6-4-11(5-7-12)8-9-16(17,18)19/h4-7,10,13H,8-9H2,1-3H3,(H,20,21). The van der Waals surface area contributed by atoms with Gasteiger partial charge >= 0.3 is 12.1 Å². The van der Waals surface area contributed by atoms with E-state index in [1.807, 2.05) is 0 Å². The van der Waals surface area contributed by atoms with E-state index < -0.39 is 30.5 Å². The second kappa shape index (κ2) is 7.99. The molecule has 23 heavy (non-hydrogen) atoms. The number of amides is 1. The van der Waals surface area contributed by atoms with Crippen LogP contribution in [0.25, 0.3) is 0 Å². The maximum absolute atomic E-state index is 12.2. The van der Waals surface area contributed by atoms with Crippen molar-refractivity contribution in [1.29, 1.82) is 0 Å². The molecule has 7 heteroatoms. The van der Waals surface area contributed by atoms with Gasteiger partial charge in [-0.1, -0.05) is 26.0 Å². The van der Waals surface area contributed by atoms with Crippen LogP contribution in [0.3, 0.4) is 0 Å². The first kappa shape index (κ1) is 19.0. The number of rotatable bonds is 6. The van der Waals surface area contributed by atoms with E-state index in [1.165, 1.54) is 31.4 Å². The zero-order chi connectivity index (χ0) is 17.6. The Morgan fingerprint density at radius 3 is 2.17 bits per heavy atom. The Morgan fingerprint density at radius 1 is 1.17 bits per heavy atom. The topological polar surface area (TPSA) is 55.4 Å². The van der Waals surface area contributed by atoms with Crippen molar-refractivity contribution >= 4 is 11.9 Å². The summed E-state index contributed by atoms with van der Waals surface area (Å²) < 4.78 is 41.1. The molecule has 0 spiro atoms. The number of hydrogen-bond acceptors (Lipinski definition) is 3. The first-order chi connectivity index (χ1) is 10.6. The van der Waals surface area contributed by atoms with Gasteiger partial charge < -0.3 is 10.1 Å². The molecule has 1 unspecified atom stereocenters. The number of ether oxygens (including phenoxy) is 1. The lowest BCUT2D eigenvalue weighted by atomic mass is 10.0. The second-order valence-corrected chi connectivity index (χ2v) is 5.53. The average molecular weight is 331 g/mol. The summed E-state index contributed by atoms with van der Waals surface area (Å²) in [5, 5.41) is 2.57. The molecule has 128 valence electrons. The highest BCUT2D eigenvalue weighted by atomic mass is 19.4. The molecule has 0 fully saturated rings. The van der Waals surface area contributed by atoms with Crippen molar-refractivity contribution in [3.63, 3.8) is 0 Å². The van der Waals surface area contributed by atoms with Crippen molar-refractivity contribution in [2.75, 3.05) is 7.11 Å². The van der Waals surface area contributed by atoms with Crippen molar-refractivity contribution in [3.05, 3.63) is 35.4 Å². The Balaban J connectivity index is 2.71. The molecule has 0 heterocycles. The van der Waals surface area contributed by atoms with Crippen molar-refractivity contribution in [2.45, 2.75) is 38.9 Å². The highest BCUT2D eigenvalue weighted by molar-refractivity contribution is 5.96. The number of alkyl halides is 3. The lowest BCUT2D eigenvalue weighted by Gasteiger charge is -2.19. The fourth-order valence-electron chi connectivity index (χ4n) is 1.96. The Kier molecular flexibility index (Phi) is 6.60. The number of aryl methyl sites for hydroxylation is 1. The normalized spacial score (nSPS) is 12.8. The predicted molar refractivity (Wildman–Crippen MR) is 78.9 cm³/mol. The number of esters is 1. The number of hydrogen-bond donors (Lipinski definition) is 1. The molecule has 4 nitrogen and oxygen atoms in total. The van der Waals surface area contributed by atoms with Crippen molar-refractivity contribution in [1.82, 2.24) is 5.32 Å². The monoisotopic (exact) mass is 331 g/mol. The van der Waals surface area contributed by atoms with Gasteiger partial charge in [0.05, 0.1) is 7.11 Å². The van der Waals surface area contributed by atoms with Crippen molar-refractivity contribution in [2.24, 2.45) is 5.92 Å². The van der Waals surface area contributed by atoms with Gasteiger partial charge in [-0.3, -0.25) is 4.79 Å². The molecular weight excluding hydrogens is 311 g/mol. The van der Waals surface area contributed by atoms with E-state index in [4.69, 9.17) is 0 Å². The minimum absolute atomic E-state index is 0.137. The molecule has 1 atom stereocenters. The molecule has 1 aromatic rings. The van der Waals surface area contributed by atoms with E-state index >= 15 is 0 Å². The van der Waals surface area contributed by atoms with Crippen LogP contribution in [0.4, 0.5) is 13.2 Å². The Labute approximate surface area is 133 Å². The summed E-state index contributed by atoms with van der Waals surface area (Å²) in [5.41, 5.74) is 0.766. The Hall–Kier alpha value is -2.05. The van der Waals surface area contributed by atoms with E-state index in [1.54, 1.807) is 13.8 Å². The molecule has 1 aromatic carbocycles. The van der Waals surface area contributed by atoms with Gasteiger partial charge in [-0.25, -0.2) is 4.79 Å². The maximum Gasteiger partial charge on any atom is 0.389 e. The lowest BCUT2D eigenvalue weighted by molar-refractivity contribution is -0.144. The summed E-state index contributed by atoms with van der Waals surface area (Å²) >= 11 is 0. The molecule has 0 aliphatic carbocycles. The molecule has 0 aliphatic rings. The van der Waals surface area contributed by atoms with Gasteiger partial charge in [-0.15, -0.1) is 0 Å². The van der Waals surface area contributed by atoms with E-state index in [-0.39, 0.29) is 17.9 Å². The summed E-state index contributed by atoms with van der Waals surface area (Å²) in [6, 6.07) is 5.05. The number of carbonyl (C=O) groups is 2. The zero-order valence-corrected chi connectivity index (χ0v) is 13.2. The van der Waals surface area contributed by atoms with Gasteiger partial charge in [0.25, 0.3) is 5.91 Å². The molecule has 1 amide bonds. The van der Waals surface area contributed by atoms with E-state index in [0.29, 0.717) is 5.56 Å². The van der Waals surface area contributed by atoms with Crippen LogP contribution in [0, 0.1) is 5.92 Å². The van der Waals surface area contributed by atoms with Gasteiger partial charge in [0, 0.05) is 12.0 Å². The van der Waals surface area contributed by atoms with Crippen LogP contribution < -0.4 is 5.32 Å². The van der Waals surface area contributed by atoms with Crippen LogP contribution >= 0.6 is 0 Å². The van der Waals surface area contributed by atoms with Gasteiger partial charge in [0.15, 0.2) is 0 Å². The third kappa shape index (κ3) is 6.30. The van der Waals surface area contributed by atoms with Gasteiger partial charge in [-0.2, -0.15) is 13.2 Å². The minimum atomic E-state index is -4.21. The van der Waals surface area contributed by atoms with Gasteiger partial charge in [-0.05, 0) is 30.0 Å². The summed E-state index contributed by atoms with van der Waals surface area (Å²) in [5.74, 6) is -1.18. The third-order valence-corrected chi connectivity index (χ3v) is 3.32. The molecule has 0 bridgehead atoms. The minimum Gasteiger partial charge on any atom is -0.467 e. The predicted octanol–water partition coefficient (Wildman–Crippen LogP) is 3.11. The molecule has 0 aliphatic heterocycles. The van der Waals surface area contributed by atoms with Crippen LogP contribution in [-0.4, -0.2) is 31.2 Å². The number of halogens is 3. The highest BCUT2D eigenvalue weighted by Crippen LogP contribution is 2.22. The molecular formula is C16H20F3NO3. The van der Waals surface area contributed by atoms with Crippen LogP contribution in [-0.2, 0) is 16.0 Å². The fourth-order valence-corrected chi connectivity index (χ4v) is 1.96. The third-order valence-electron chi connectivity index (χ3n) is 3.32.